The number of carboxylic acid groups (broad SMARTS) is 1. The van der Waals surface area contributed by atoms with E-state index in [9.17, 15) is 13.6 Å². The number of halogens is 2. The summed E-state index contributed by atoms with van der Waals surface area (Å²) in [5, 5.41) is 8.89. The van der Waals surface area contributed by atoms with Crippen molar-refractivity contribution in [3.05, 3.63) is 35.4 Å². The first kappa shape index (κ1) is 14.6. The summed E-state index contributed by atoms with van der Waals surface area (Å²) < 4.78 is 27.8. The predicted octanol–water partition coefficient (Wildman–Crippen LogP) is 4.01. The lowest BCUT2D eigenvalue weighted by Gasteiger charge is -2.20. The maximum Gasteiger partial charge on any atom is 0.310 e. The lowest BCUT2D eigenvalue weighted by molar-refractivity contribution is -0.138. The molecule has 0 aliphatic carbocycles. The quantitative estimate of drug-likeness (QED) is 0.864. The molecule has 0 aromatic heterocycles. The third-order valence-electron chi connectivity index (χ3n) is 2.84. The normalized spacial score (nSPS) is 13.7. The first-order valence-electron chi connectivity index (χ1n) is 5.95. The molecule has 0 saturated carbocycles. The van der Waals surface area contributed by atoms with Crippen LogP contribution in [0.15, 0.2) is 24.3 Å². The van der Waals surface area contributed by atoms with Gasteiger partial charge in [-0.2, -0.15) is 0 Å². The second kappa shape index (κ2) is 5.46. The number of carbonyl (C=O) groups is 1. The van der Waals surface area contributed by atoms with Crippen molar-refractivity contribution in [3.8, 4) is 0 Å². The van der Waals surface area contributed by atoms with Crippen molar-refractivity contribution in [1.29, 1.82) is 0 Å². The molecule has 18 heavy (non-hydrogen) atoms. The van der Waals surface area contributed by atoms with Gasteiger partial charge >= 0.3 is 5.97 Å². The maximum absolute atomic E-state index is 13.9. The summed E-state index contributed by atoms with van der Waals surface area (Å²) in [4.78, 5) is 10.9. The first-order valence-corrected chi connectivity index (χ1v) is 5.95. The number of benzene rings is 1. The molecular weight excluding hydrogens is 238 g/mol. The zero-order chi connectivity index (χ0) is 13.9. The predicted molar refractivity (Wildman–Crippen MR) is 65.8 cm³/mol. The highest BCUT2D eigenvalue weighted by Crippen LogP contribution is 2.35. The van der Waals surface area contributed by atoms with Crippen LogP contribution in [0.4, 0.5) is 8.78 Å². The third-order valence-corrected chi connectivity index (χ3v) is 2.84. The van der Waals surface area contributed by atoms with E-state index in [-0.39, 0.29) is 17.9 Å². The number of alkyl halides is 2. The van der Waals surface area contributed by atoms with Crippen LogP contribution in [0.1, 0.15) is 44.2 Å². The van der Waals surface area contributed by atoms with Crippen LogP contribution in [0.5, 0.6) is 0 Å². The number of hydrogen-bond donors (Lipinski definition) is 1. The Morgan fingerprint density at radius 2 is 1.94 bits per heavy atom. The smallest absolute Gasteiger partial charge is 0.310 e. The zero-order valence-corrected chi connectivity index (χ0v) is 10.8. The summed E-state index contributed by atoms with van der Waals surface area (Å²) in [5.74, 6) is -4.83. The minimum atomic E-state index is -2.91. The van der Waals surface area contributed by atoms with Crippen molar-refractivity contribution in [2.24, 2.45) is 5.92 Å². The lowest BCUT2D eigenvalue weighted by Crippen LogP contribution is -2.17. The van der Waals surface area contributed by atoms with E-state index < -0.39 is 17.8 Å². The average Bonchev–Trinajstić information content (AvgIpc) is 2.26. The van der Waals surface area contributed by atoms with E-state index in [4.69, 9.17) is 5.11 Å². The molecule has 0 fully saturated rings. The monoisotopic (exact) mass is 256 g/mol. The Balaban J connectivity index is 3.05. The molecule has 1 N–H and O–H groups in total. The summed E-state index contributed by atoms with van der Waals surface area (Å²) in [6.45, 7) is 4.96. The molecule has 1 aromatic carbocycles. The SMILES string of the molecule is CC(C)CC(F)(F)c1cccc(C(C)C(=O)O)c1. The molecule has 1 aromatic rings. The fourth-order valence-electron chi connectivity index (χ4n) is 1.81. The Morgan fingerprint density at radius 1 is 1.33 bits per heavy atom. The van der Waals surface area contributed by atoms with Gasteiger partial charge in [0.05, 0.1) is 5.92 Å². The van der Waals surface area contributed by atoms with Crippen LogP contribution in [0.3, 0.4) is 0 Å². The van der Waals surface area contributed by atoms with Gasteiger partial charge in [0, 0.05) is 12.0 Å². The van der Waals surface area contributed by atoms with Gasteiger partial charge in [-0.05, 0) is 24.5 Å². The van der Waals surface area contributed by atoms with Gasteiger partial charge in [0.2, 0.25) is 0 Å². The second-order valence-corrected chi connectivity index (χ2v) is 4.99. The highest BCUT2D eigenvalue weighted by molar-refractivity contribution is 5.75. The second-order valence-electron chi connectivity index (χ2n) is 4.99. The molecule has 4 heteroatoms. The molecule has 0 aliphatic heterocycles. The van der Waals surface area contributed by atoms with Crippen LogP contribution < -0.4 is 0 Å². The van der Waals surface area contributed by atoms with Gasteiger partial charge in [-0.15, -0.1) is 0 Å². The zero-order valence-electron chi connectivity index (χ0n) is 10.8. The highest BCUT2D eigenvalue weighted by atomic mass is 19.3. The van der Waals surface area contributed by atoms with E-state index in [1.54, 1.807) is 19.9 Å². The molecule has 0 spiro atoms. The molecule has 0 bridgehead atoms. The lowest BCUT2D eigenvalue weighted by atomic mass is 9.93. The van der Waals surface area contributed by atoms with E-state index in [0.717, 1.165) is 0 Å². The van der Waals surface area contributed by atoms with Gasteiger partial charge in [0.15, 0.2) is 0 Å². The third kappa shape index (κ3) is 3.52. The molecule has 0 aliphatic rings. The number of carboxylic acids is 1. The van der Waals surface area contributed by atoms with Crippen molar-refractivity contribution in [1.82, 2.24) is 0 Å². The Morgan fingerprint density at radius 3 is 2.44 bits per heavy atom. The van der Waals surface area contributed by atoms with Crippen molar-refractivity contribution in [2.75, 3.05) is 0 Å². The molecule has 1 atom stereocenters. The summed E-state index contributed by atoms with van der Waals surface area (Å²) >= 11 is 0. The molecule has 2 nitrogen and oxygen atoms in total. The van der Waals surface area contributed by atoms with Crippen molar-refractivity contribution >= 4 is 5.97 Å². The van der Waals surface area contributed by atoms with Crippen LogP contribution in [-0.4, -0.2) is 11.1 Å². The van der Waals surface area contributed by atoms with Crippen LogP contribution in [0, 0.1) is 5.92 Å². The van der Waals surface area contributed by atoms with Crippen molar-refractivity contribution in [3.63, 3.8) is 0 Å². The Labute approximate surface area is 106 Å². The summed E-state index contributed by atoms with van der Waals surface area (Å²) in [7, 11) is 0. The first-order chi connectivity index (χ1) is 8.24. The maximum atomic E-state index is 13.9. The van der Waals surface area contributed by atoms with Gasteiger partial charge in [0.25, 0.3) is 5.92 Å². The minimum absolute atomic E-state index is 0.109. The van der Waals surface area contributed by atoms with Gasteiger partial charge < -0.3 is 5.11 Å². The Hall–Kier alpha value is -1.45. The molecule has 0 saturated heterocycles. The van der Waals surface area contributed by atoms with E-state index >= 15 is 0 Å². The molecule has 0 radical (unpaired) electrons. The summed E-state index contributed by atoms with van der Waals surface area (Å²) in [6, 6.07) is 5.69. The topological polar surface area (TPSA) is 37.3 Å². The molecule has 1 unspecified atom stereocenters. The Kier molecular flexibility index (Phi) is 4.43. The average molecular weight is 256 g/mol. The van der Waals surface area contributed by atoms with Crippen LogP contribution in [0.25, 0.3) is 0 Å². The number of hydrogen-bond acceptors (Lipinski definition) is 1. The van der Waals surface area contributed by atoms with Gasteiger partial charge in [-0.25, -0.2) is 8.78 Å². The van der Waals surface area contributed by atoms with Gasteiger partial charge in [-0.3, -0.25) is 4.79 Å². The van der Waals surface area contributed by atoms with Gasteiger partial charge in [0.1, 0.15) is 0 Å². The Bertz CT molecular complexity index is 428. The molecule has 0 heterocycles. The van der Waals surface area contributed by atoms with Crippen LogP contribution in [-0.2, 0) is 10.7 Å². The number of rotatable bonds is 5. The van der Waals surface area contributed by atoms with E-state index in [1.165, 1.54) is 25.1 Å². The van der Waals surface area contributed by atoms with Crippen LogP contribution >= 0.6 is 0 Å². The van der Waals surface area contributed by atoms with E-state index in [2.05, 4.69) is 0 Å². The molecule has 1 rings (SSSR count). The summed E-state index contributed by atoms with van der Waals surface area (Å²) in [6.07, 6.45) is -0.238. The van der Waals surface area contributed by atoms with Crippen LogP contribution in [0.2, 0.25) is 0 Å². The molecule has 0 amide bonds. The molecular formula is C14H18F2O2. The van der Waals surface area contributed by atoms with E-state index in [1.807, 2.05) is 0 Å². The summed E-state index contributed by atoms with van der Waals surface area (Å²) in [5.41, 5.74) is 0.297. The largest absolute Gasteiger partial charge is 0.481 e. The minimum Gasteiger partial charge on any atom is -0.481 e. The van der Waals surface area contributed by atoms with Crippen molar-refractivity contribution in [2.45, 2.75) is 39.0 Å². The fraction of sp³-hybridized carbons (Fsp3) is 0.500. The standard InChI is InChI=1S/C14H18F2O2/c1-9(2)8-14(15,16)12-6-4-5-11(7-12)10(3)13(17)18/h4-7,9-10H,8H2,1-3H3,(H,17,18). The van der Waals surface area contributed by atoms with Gasteiger partial charge in [-0.1, -0.05) is 32.0 Å². The highest BCUT2D eigenvalue weighted by Gasteiger charge is 2.32. The fourth-order valence-corrected chi connectivity index (χ4v) is 1.81. The number of aliphatic carboxylic acids is 1. The van der Waals surface area contributed by atoms with Crippen molar-refractivity contribution < 1.29 is 18.7 Å². The van der Waals surface area contributed by atoms with E-state index in [0.29, 0.717) is 5.56 Å². The molecule has 100 valence electrons.